The molecule has 0 saturated carbocycles. The molecule has 1 aromatic carbocycles. The summed E-state index contributed by atoms with van der Waals surface area (Å²) in [4.78, 5) is 15.0. The molecule has 4 nitrogen and oxygen atoms in total. The van der Waals surface area contributed by atoms with Crippen LogP contribution in [0.5, 0.6) is 0 Å². The molecule has 0 aliphatic carbocycles. The third-order valence-electron chi connectivity index (χ3n) is 3.17. The zero-order chi connectivity index (χ0) is 14.8. The first-order valence-electron chi connectivity index (χ1n) is 6.69. The molecule has 1 amide bonds. The van der Waals surface area contributed by atoms with Gasteiger partial charge in [-0.2, -0.15) is 0 Å². The van der Waals surface area contributed by atoms with Crippen LogP contribution in [0.1, 0.15) is 20.8 Å². The van der Waals surface area contributed by atoms with Crippen molar-refractivity contribution in [2.45, 2.75) is 37.4 Å². The fourth-order valence-corrected chi connectivity index (χ4v) is 3.23. The molecule has 0 aliphatic heterocycles. The Hall–Kier alpha value is -1.46. The molecule has 20 heavy (non-hydrogen) atoms. The lowest BCUT2D eigenvalue weighted by Gasteiger charge is -2.29. The normalized spacial score (nSPS) is 14.6. The van der Waals surface area contributed by atoms with Crippen molar-refractivity contribution < 1.29 is 4.79 Å². The predicted octanol–water partition coefficient (Wildman–Crippen LogP) is 2.50. The second kappa shape index (κ2) is 5.89. The number of para-hydroxylation sites is 1. The van der Waals surface area contributed by atoms with E-state index in [1.165, 1.54) is 5.39 Å². The Morgan fingerprint density at radius 3 is 2.75 bits per heavy atom. The molecule has 1 unspecified atom stereocenters. The summed E-state index contributed by atoms with van der Waals surface area (Å²) < 4.78 is 0. The number of rotatable bonds is 6. The average Bonchev–Trinajstić information content (AvgIpc) is 2.78. The van der Waals surface area contributed by atoms with Crippen LogP contribution >= 0.6 is 11.8 Å². The lowest BCUT2D eigenvalue weighted by molar-refractivity contribution is -0.123. The first kappa shape index (κ1) is 14.9. The standard InChI is InChI=1S/C15H21N3OS/c1-10(2)18-15(3,14(16)19)9-20-13-8-11-6-4-5-7-12(11)17-13/h4-8,10,17-18H,9H2,1-3H3,(H2,16,19). The Morgan fingerprint density at radius 2 is 2.15 bits per heavy atom. The van der Waals surface area contributed by atoms with Crippen molar-refractivity contribution in [3.8, 4) is 0 Å². The van der Waals surface area contributed by atoms with E-state index in [4.69, 9.17) is 5.73 Å². The van der Waals surface area contributed by atoms with Crippen molar-refractivity contribution in [1.29, 1.82) is 0 Å². The van der Waals surface area contributed by atoms with Gasteiger partial charge in [0.05, 0.1) is 5.03 Å². The van der Waals surface area contributed by atoms with Gasteiger partial charge in [0.2, 0.25) is 5.91 Å². The molecule has 2 rings (SSSR count). The summed E-state index contributed by atoms with van der Waals surface area (Å²) in [6.45, 7) is 5.87. The largest absolute Gasteiger partial charge is 0.368 e. The molecule has 4 N–H and O–H groups in total. The Bertz CT molecular complexity index is 575. The van der Waals surface area contributed by atoms with Gasteiger partial charge in [-0.05, 0) is 32.9 Å². The van der Waals surface area contributed by atoms with E-state index in [0.29, 0.717) is 5.75 Å². The Labute approximate surface area is 123 Å². The Kier molecular flexibility index (Phi) is 4.40. The summed E-state index contributed by atoms with van der Waals surface area (Å²) in [5.41, 5.74) is 5.93. The number of fused-ring (bicyclic) bond motifs is 1. The molecule has 0 fully saturated rings. The second-order valence-electron chi connectivity index (χ2n) is 5.50. The van der Waals surface area contributed by atoms with Gasteiger partial charge < -0.3 is 16.0 Å². The van der Waals surface area contributed by atoms with Gasteiger partial charge in [-0.25, -0.2) is 0 Å². The number of nitrogens with one attached hydrogen (secondary N) is 2. The van der Waals surface area contributed by atoms with Crippen LogP contribution in [0.15, 0.2) is 35.4 Å². The van der Waals surface area contributed by atoms with Crippen LogP contribution in [0.25, 0.3) is 10.9 Å². The van der Waals surface area contributed by atoms with Gasteiger partial charge in [0.1, 0.15) is 5.54 Å². The van der Waals surface area contributed by atoms with Crippen LogP contribution in [-0.2, 0) is 4.79 Å². The number of hydrogen-bond donors (Lipinski definition) is 3. The zero-order valence-electron chi connectivity index (χ0n) is 12.1. The number of hydrogen-bond acceptors (Lipinski definition) is 3. The van der Waals surface area contributed by atoms with Gasteiger partial charge in [0.15, 0.2) is 0 Å². The highest BCUT2D eigenvalue weighted by Gasteiger charge is 2.31. The molecular formula is C15H21N3OS. The van der Waals surface area contributed by atoms with E-state index in [1.54, 1.807) is 11.8 Å². The number of H-pyrrole nitrogens is 1. The quantitative estimate of drug-likeness (QED) is 0.716. The third kappa shape index (κ3) is 3.35. The Balaban J connectivity index is 2.10. The van der Waals surface area contributed by atoms with Gasteiger partial charge >= 0.3 is 0 Å². The lowest BCUT2D eigenvalue weighted by Crippen LogP contribution is -2.57. The molecule has 0 saturated heterocycles. The molecule has 5 heteroatoms. The number of aromatic nitrogens is 1. The van der Waals surface area contributed by atoms with E-state index in [-0.39, 0.29) is 11.9 Å². The highest BCUT2D eigenvalue weighted by molar-refractivity contribution is 7.99. The minimum atomic E-state index is -0.712. The van der Waals surface area contributed by atoms with Crippen LogP contribution in [0, 0.1) is 0 Å². The fraction of sp³-hybridized carbons (Fsp3) is 0.400. The van der Waals surface area contributed by atoms with E-state index < -0.39 is 5.54 Å². The van der Waals surface area contributed by atoms with Gasteiger partial charge in [-0.3, -0.25) is 4.79 Å². The molecule has 0 radical (unpaired) electrons. The lowest BCUT2D eigenvalue weighted by atomic mass is 10.0. The summed E-state index contributed by atoms with van der Waals surface area (Å²) >= 11 is 1.60. The van der Waals surface area contributed by atoms with E-state index in [1.807, 2.05) is 39.0 Å². The van der Waals surface area contributed by atoms with Crippen LogP contribution in [-0.4, -0.2) is 28.2 Å². The molecule has 0 aliphatic rings. The van der Waals surface area contributed by atoms with Gasteiger partial charge in [-0.15, -0.1) is 11.8 Å². The number of benzene rings is 1. The molecule has 108 valence electrons. The van der Waals surface area contributed by atoms with Crippen molar-refractivity contribution in [2.24, 2.45) is 5.73 Å². The molecule has 0 spiro atoms. The highest BCUT2D eigenvalue weighted by Crippen LogP contribution is 2.26. The maximum atomic E-state index is 11.7. The van der Waals surface area contributed by atoms with E-state index >= 15 is 0 Å². The van der Waals surface area contributed by atoms with Crippen LogP contribution < -0.4 is 11.1 Å². The number of nitrogens with two attached hydrogens (primary N) is 1. The summed E-state index contributed by atoms with van der Waals surface area (Å²) in [6.07, 6.45) is 0. The molecular weight excluding hydrogens is 270 g/mol. The SMILES string of the molecule is CC(C)NC(C)(CSc1cc2ccccc2[nH]1)C(N)=O. The molecule has 2 aromatic rings. The van der Waals surface area contributed by atoms with E-state index in [0.717, 1.165) is 10.5 Å². The average molecular weight is 291 g/mol. The first-order chi connectivity index (χ1) is 9.40. The van der Waals surface area contributed by atoms with Crippen molar-refractivity contribution in [2.75, 3.05) is 5.75 Å². The summed E-state index contributed by atoms with van der Waals surface area (Å²) in [5, 5.41) is 5.47. The van der Waals surface area contributed by atoms with Crippen molar-refractivity contribution in [1.82, 2.24) is 10.3 Å². The third-order valence-corrected chi connectivity index (χ3v) is 4.43. The van der Waals surface area contributed by atoms with Crippen LogP contribution in [0.4, 0.5) is 0 Å². The maximum Gasteiger partial charge on any atom is 0.238 e. The molecule has 0 bridgehead atoms. The monoisotopic (exact) mass is 291 g/mol. The minimum absolute atomic E-state index is 0.204. The number of thioether (sulfide) groups is 1. The van der Waals surface area contributed by atoms with E-state index in [2.05, 4.69) is 22.4 Å². The Morgan fingerprint density at radius 1 is 1.45 bits per heavy atom. The number of carbonyl (C=O) groups excluding carboxylic acids is 1. The van der Waals surface area contributed by atoms with Gasteiger partial charge in [0.25, 0.3) is 0 Å². The fourth-order valence-electron chi connectivity index (χ4n) is 2.17. The number of primary amides is 1. The number of carbonyl (C=O) groups is 1. The summed E-state index contributed by atoms with van der Waals surface area (Å²) in [5.74, 6) is 0.266. The number of aromatic amines is 1. The van der Waals surface area contributed by atoms with Gasteiger partial charge in [-0.1, -0.05) is 18.2 Å². The first-order valence-corrected chi connectivity index (χ1v) is 7.67. The van der Waals surface area contributed by atoms with Crippen molar-refractivity contribution in [3.63, 3.8) is 0 Å². The molecule has 1 aromatic heterocycles. The van der Waals surface area contributed by atoms with Crippen molar-refractivity contribution in [3.05, 3.63) is 30.3 Å². The smallest absolute Gasteiger partial charge is 0.238 e. The van der Waals surface area contributed by atoms with Gasteiger partial charge in [0, 0.05) is 22.7 Å². The van der Waals surface area contributed by atoms with Crippen LogP contribution in [0.3, 0.4) is 0 Å². The van der Waals surface area contributed by atoms with E-state index in [9.17, 15) is 4.79 Å². The van der Waals surface area contributed by atoms with Crippen LogP contribution in [0.2, 0.25) is 0 Å². The second-order valence-corrected chi connectivity index (χ2v) is 6.52. The zero-order valence-corrected chi connectivity index (χ0v) is 12.9. The summed E-state index contributed by atoms with van der Waals surface area (Å²) in [7, 11) is 0. The predicted molar refractivity (Wildman–Crippen MR) is 84.9 cm³/mol. The highest BCUT2D eigenvalue weighted by atomic mass is 32.2. The molecule has 1 atom stereocenters. The molecule has 1 heterocycles. The topological polar surface area (TPSA) is 70.9 Å². The summed E-state index contributed by atoms with van der Waals surface area (Å²) in [6, 6.07) is 10.4. The van der Waals surface area contributed by atoms with Crippen molar-refractivity contribution >= 4 is 28.6 Å². The maximum absolute atomic E-state index is 11.7. The number of amides is 1. The minimum Gasteiger partial charge on any atom is -0.368 e.